The Morgan fingerprint density at radius 1 is 0.969 bits per heavy atom. The molecule has 0 spiro atoms. The third-order valence-corrected chi connectivity index (χ3v) is 6.19. The van der Waals surface area contributed by atoms with Crippen LogP contribution in [0.4, 0.5) is 11.4 Å². The summed E-state index contributed by atoms with van der Waals surface area (Å²) >= 11 is 0. The van der Waals surface area contributed by atoms with Gasteiger partial charge >= 0.3 is 0 Å². The van der Waals surface area contributed by atoms with Crippen molar-refractivity contribution in [1.29, 1.82) is 0 Å². The maximum Gasteiger partial charge on any atom is 0.282 e. The Hall–Kier alpha value is -3.31. The van der Waals surface area contributed by atoms with Crippen molar-refractivity contribution in [2.75, 3.05) is 43.0 Å². The highest BCUT2D eigenvalue weighted by atomic mass is 16.5. The molecule has 1 heterocycles. The lowest BCUT2D eigenvalue weighted by Gasteiger charge is -2.36. The largest absolute Gasteiger partial charge is 0.492 e. The van der Waals surface area contributed by atoms with Crippen molar-refractivity contribution in [3.63, 3.8) is 0 Å². The highest BCUT2D eigenvalue weighted by Crippen LogP contribution is 2.28. The van der Waals surface area contributed by atoms with E-state index >= 15 is 0 Å². The second-order valence-electron chi connectivity index (χ2n) is 8.17. The Bertz CT molecular complexity index is 1030. The summed E-state index contributed by atoms with van der Waals surface area (Å²) in [5.74, 6) is 0.994. The monoisotopic (exact) mass is 430 g/mol. The lowest BCUT2D eigenvalue weighted by Crippen LogP contribution is -3.19. The number of rotatable bonds is 7. The molecule has 5 heteroatoms. The highest BCUT2D eigenvalue weighted by Gasteiger charge is 2.30. The first kappa shape index (κ1) is 21.9. The standard InChI is InChI=1S/C27H31N3O2/c1-3-32-26-16-10-9-15-25(26)30-19-17-29(18-20-30)21(2)27(31)28-24-14-8-7-13-23(24)22-11-5-4-6-12-22/h4-16,21H,3,17-20H2,1-2H3,(H,28,31)/p+1/t21-/m1/s1. The number of piperazine rings is 1. The van der Waals surface area contributed by atoms with E-state index in [9.17, 15) is 4.79 Å². The number of anilines is 2. The first-order chi connectivity index (χ1) is 15.7. The lowest BCUT2D eigenvalue weighted by molar-refractivity contribution is -0.914. The van der Waals surface area contributed by atoms with E-state index in [-0.39, 0.29) is 11.9 Å². The Kier molecular flexibility index (Phi) is 7.07. The zero-order valence-corrected chi connectivity index (χ0v) is 18.9. The van der Waals surface area contributed by atoms with Crippen molar-refractivity contribution in [2.24, 2.45) is 0 Å². The molecule has 1 aliphatic rings. The normalized spacial score (nSPS) is 15.2. The molecule has 166 valence electrons. The molecule has 0 bridgehead atoms. The number of para-hydroxylation sites is 3. The Morgan fingerprint density at radius 3 is 2.38 bits per heavy atom. The molecule has 4 rings (SSSR count). The number of hydrogen-bond donors (Lipinski definition) is 2. The first-order valence-corrected chi connectivity index (χ1v) is 11.4. The quantitative estimate of drug-likeness (QED) is 0.603. The summed E-state index contributed by atoms with van der Waals surface area (Å²) in [6, 6.07) is 26.3. The molecule has 0 aliphatic carbocycles. The highest BCUT2D eigenvalue weighted by molar-refractivity contribution is 5.97. The molecule has 0 aromatic heterocycles. The van der Waals surface area contributed by atoms with E-state index in [0.717, 1.165) is 54.4 Å². The average Bonchev–Trinajstić information content (AvgIpc) is 2.85. The lowest BCUT2D eigenvalue weighted by atomic mass is 10.0. The first-order valence-electron chi connectivity index (χ1n) is 11.4. The molecular weight excluding hydrogens is 398 g/mol. The van der Waals surface area contributed by atoms with E-state index in [2.05, 4.69) is 40.5 Å². The molecule has 32 heavy (non-hydrogen) atoms. The van der Waals surface area contributed by atoms with Gasteiger partial charge in [-0.05, 0) is 37.6 Å². The number of ether oxygens (including phenoxy) is 1. The molecular formula is C27H32N3O2+. The number of nitrogens with one attached hydrogen (secondary N) is 2. The molecule has 2 N–H and O–H groups in total. The molecule has 1 atom stereocenters. The van der Waals surface area contributed by atoms with Crippen molar-refractivity contribution in [1.82, 2.24) is 0 Å². The van der Waals surface area contributed by atoms with E-state index < -0.39 is 0 Å². The number of carbonyl (C=O) groups excluding carboxylic acids is 1. The van der Waals surface area contributed by atoms with Crippen LogP contribution >= 0.6 is 0 Å². The van der Waals surface area contributed by atoms with Crippen LogP contribution in [0.1, 0.15) is 13.8 Å². The van der Waals surface area contributed by atoms with Crippen LogP contribution in [-0.2, 0) is 4.79 Å². The van der Waals surface area contributed by atoms with E-state index in [0.29, 0.717) is 6.61 Å². The third-order valence-electron chi connectivity index (χ3n) is 6.19. The zero-order valence-electron chi connectivity index (χ0n) is 18.9. The summed E-state index contributed by atoms with van der Waals surface area (Å²) in [5, 5.41) is 3.18. The molecule has 0 unspecified atom stereocenters. The topological polar surface area (TPSA) is 46.0 Å². The van der Waals surface area contributed by atoms with Crippen molar-refractivity contribution in [3.8, 4) is 16.9 Å². The second-order valence-corrected chi connectivity index (χ2v) is 8.17. The van der Waals surface area contributed by atoms with Crippen LogP contribution < -0.4 is 19.9 Å². The van der Waals surface area contributed by atoms with Crippen molar-refractivity contribution >= 4 is 17.3 Å². The molecule has 1 saturated heterocycles. The summed E-state index contributed by atoms with van der Waals surface area (Å²) in [4.78, 5) is 16.8. The van der Waals surface area contributed by atoms with Crippen molar-refractivity contribution < 1.29 is 14.4 Å². The Morgan fingerprint density at radius 2 is 1.62 bits per heavy atom. The zero-order chi connectivity index (χ0) is 22.3. The van der Waals surface area contributed by atoms with Gasteiger partial charge < -0.3 is 19.9 Å². The second kappa shape index (κ2) is 10.3. The maximum absolute atomic E-state index is 13.1. The number of benzene rings is 3. The summed E-state index contributed by atoms with van der Waals surface area (Å²) in [7, 11) is 0. The van der Waals surface area contributed by atoms with Gasteiger partial charge in [-0.3, -0.25) is 4.79 Å². The third kappa shape index (κ3) is 4.94. The molecule has 1 amide bonds. The molecule has 1 fully saturated rings. The van der Waals surface area contributed by atoms with Gasteiger partial charge in [0.25, 0.3) is 5.91 Å². The van der Waals surface area contributed by atoms with Gasteiger partial charge in [0.2, 0.25) is 0 Å². The van der Waals surface area contributed by atoms with E-state index in [1.165, 1.54) is 4.90 Å². The van der Waals surface area contributed by atoms with Crippen LogP contribution in [0.15, 0.2) is 78.9 Å². The maximum atomic E-state index is 13.1. The molecule has 5 nitrogen and oxygen atoms in total. The molecule has 0 saturated carbocycles. The number of quaternary nitrogens is 1. The fraction of sp³-hybridized carbons (Fsp3) is 0.296. The molecule has 1 aliphatic heterocycles. The average molecular weight is 431 g/mol. The van der Waals surface area contributed by atoms with Crippen LogP contribution in [-0.4, -0.2) is 44.7 Å². The smallest absolute Gasteiger partial charge is 0.282 e. The Balaban J connectivity index is 1.39. The number of nitrogens with zero attached hydrogens (tertiary/aromatic N) is 1. The van der Waals surface area contributed by atoms with Gasteiger partial charge in [-0.2, -0.15) is 0 Å². The van der Waals surface area contributed by atoms with Gasteiger partial charge in [0.05, 0.1) is 38.5 Å². The Labute approximate surface area is 190 Å². The minimum Gasteiger partial charge on any atom is -0.492 e. The van der Waals surface area contributed by atoms with Gasteiger partial charge in [0.1, 0.15) is 5.75 Å². The summed E-state index contributed by atoms with van der Waals surface area (Å²) < 4.78 is 5.80. The van der Waals surface area contributed by atoms with Crippen molar-refractivity contribution in [2.45, 2.75) is 19.9 Å². The minimum atomic E-state index is -0.122. The number of amides is 1. The van der Waals surface area contributed by atoms with Crippen LogP contribution in [0.3, 0.4) is 0 Å². The van der Waals surface area contributed by atoms with Gasteiger partial charge in [-0.15, -0.1) is 0 Å². The van der Waals surface area contributed by atoms with E-state index in [4.69, 9.17) is 4.74 Å². The van der Waals surface area contributed by atoms with Gasteiger partial charge in [0, 0.05) is 11.3 Å². The summed E-state index contributed by atoms with van der Waals surface area (Å²) in [5.41, 5.74) is 4.15. The van der Waals surface area contributed by atoms with Crippen molar-refractivity contribution in [3.05, 3.63) is 78.9 Å². The van der Waals surface area contributed by atoms with Crippen LogP contribution in [0.2, 0.25) is 0 Å². The predicted octanol–water partition coefficient (Wildman–Crippen LogP) is 3.48. The molecule has 3 aromatic rings. The van der Waals surface area contributed by atoms with Crippen LogP contribution in [0, 0.1) is 0 Å². The van der Waals surface area contributed by atoms with Crippen LogP contribution in [0.25, 0.3) is 11.1 Å². The van der Waals surface area contributed by atoms with Gasteiger partial charge in [0.15, 0.2) is 6.04 Å². The van der Waals surface area contributed by atoms with Gasteiger partial charge in [-0.25, -0.2) is 0 Å². The van der Waals surface area contributed by atoms with Crippen LogP contribution in [0.5, 0.6) is 5.75 Å². The van der Waals surface area contributed by atoms with E-state index in [1.54, 1.807) is 0 Å². The SMILES string of the molecule is CCOc1ccccc1N1CC[NH+]([C@H](C)C(=O)Nc2ccccc2-c2ccccc2)CC1. The predicted molar refractivity (Wildman–Crippen MR) is 130 cm³/mol. The fourth-order valence-electron chi connectivity index (χ4n) is 4.35. The number of carbonyl (C=O) groups is 1. The molecule has 0 radical (unpaired) electrons. The van der Waals surface area contributed by atoms with Gasteiger partial charge in [-0.1, -0.05) is 60.7 Å². The van der Waals surface area contributed by atoms with E-state index in [1.807, 2.05) is 62.4 Å². The summed E-state index contributed by atoms with van der Waals surface area (Å²) in [6.07, 6.45) is 0. The summed E-state index contributed by atoms with van der Waals surface area (Å²) in [6.45, 7) is 8.32. The minimum absolute atomic E-state index is 0.0616. The molecule has 3 aromatic carbocycles. The fourth-order valence-corrected chi connectivity index (χ4v) is 4.35. The number of hydrogen-bond acceptors (Lipinski definition) is 3.